The number of anilines is 1. The summed E-state index contributed by atoms with van der Waals surface area (Å²) in [6.07, 6.45) is 2.62. The number of hydrogen-bond acceptors (Lipinski definition) is 4. The smallest absolute Gasteiger partial charge is 0.255 e. The Balaban J connectivity index is 2.14. The molecule has 1 aliphatic heterocycles. The number of aromatic nitrogens is 1. The molecule has 0 aromatic carbocycles. The van der Waals surface area contributed by atoms with Crippen molar-refractivity contribution < 1.29 is 4.79 Å². The van der Waals surface area contributed by atoms with Crippen LogP contribution in [-0.2, 0) is 0 Å². The molecular weight excluding hydrogens is 306 g/mol. The lowest BCUT2D eigenvalue weighted by Crippen LogP contribution is -2.48. The van der Waals surface area contributed by atoms with Crippen molar-refractivity contribution in [3.8, 4) is 0 Å². The Hall–Kier alpha value is -0.940. The molecule has 1 saturated heterocycles. The minimum absolute atomic E-state index is 0.0195. The molecule has 116 valence electrons. The molecule has 4 nitrogen and oxygen atoms in total. The Bertz CT molecular complexity index is 512. The van der Waals surface area contributed by atoms with E-state index in [-0.39, 0.29) is 11.9 Å². The molecule has 2 unspecified atom stereocenters. The molecule has 0 bridgehead atoms. The minimum Gasteiger partial charge on any atom is -0.369 e. The Labute approximate surface area is 135 Å². The van der Waals surface area contributed by atoms with Crippen molar-refractivity contribution in [3.05, 3.63) is 22.8 Å². The molecule has 2 atom stereocenters. The normalized spacial score (nSPS) is 22.2. The van der Waals surface area contributed by atoms with Crippen LogP contribution in [0.25, 0.3) is 0 Å². The molecular formula is C15H22ClN3OS. The molecule has 21 heavy (non-hydrogen) atoms. The second kappa shape index (κ2) is 7.36. The lowest BCUT2D eigenvalue weighted by Gasteiger charge is -2.37. The Morgan fingerprint density at radius 2 is 2.33 bits per heavy atom. The van der Waals surface area contributed by atoms with Gasteiger partial charge in [0.15, 0.2) is 0 Å². The number of carbonyl (C=O) groups excluding carboxylic acids is 1. The first kappa shape index (κ1) is 16.4. The molecule has 1 N–H and O–H groups in total. The largest absolute Gasteiger partial charge is 0.369 e. The summed E-state index contributed by atoms with van der Waals surface area (Å²) in [5.74, 6) is 1.64. The van der Waals surface area contributed by atoms with Gasteiger partial charge in [-0.1, -0.05) is 25.4 Å². The average Bonchev–Trinajstić information content (AvgIpc) is 2.48. The summed E-state index contributed by atoms with van der Waals surface area (Å²) in [5, 5.41) is 4.11. The van der Waals surface area contributed by atoms with Gasteiger partial charge in [0.1, 0.15) is 5.82 Å². The van der Waals surface area contributed by atoms with E-state index in [1.54, 1.807) is 12.3 Å². The summed E-state index contributed by atoms with van der Waals surface area (Å²) in [6.45, 7) is 7.94. The number of pyridine rings is 1. The van der Waals surface area contributed by atoms with E-state index < -0.39 is 0 Å². The minimum atomic E-state index is 0.0195. The maximum absolute atomic E-state index is 12.6. The summed E-state index contributed by atoms with van der Waals surface area (Å²) in [4.78, 5) is 18.8. The third-order valence-electron chi connectivity index (χ3n) is 3.78. The first-order valence-electron chi connectivity index (χ1n) is 7.36. The number of amides is 1. The highest BCUT2D eigenvalue weighted by atomic mass is 35.5. The molecule has 1 amide bonds. The van der Waals surface area contributed by atoms with Crippen LogP contribution in [0.3, 0.4) is 0 Å². The molecule has 1 aromatic rings. The number of halogens is 1. The van der Waals surface area contributed by atoms with Gasteiger partial charge in [-0.3, -0.25) is 4.79 Å². The first-order valence-corrected chi connectivity index (χ1v) is 8.79. The number of hydrogen-bond donors (Lipinski definition) is 1. The van der Waals surface area contributed by atoms with Crippen molar-refractivity contribution in [2.75, 3.05) is 24.2 Å². The van der Waals surface area contributed by atoms with Gasteiger partial charge in [-0.25, -0.2) is 4.98 Å². The van der Waals surface area contributed by atoms with Gasteiger partial charge in [-0.2, -0.15) is 11.8 Å². The van der Waals surface area contributed by atoms with Gasteiger partial charge in [0.25, 0.3) is 5.91 Å². The maximum Gasteiger partial charge on any atom is 0.255 e. The van der Waals surface area contributed by atoms with Crippen molar-refractivity contribution in [1.82, 2.24) is 9.88 Å². The summed E-state index contributed by atoms with van der Waals surface area (Å²) in [6, 6.07) is 1.95. The van der Waals surface area contributed by atoms with Crippen LogP contribution in [0.5, 0.6) is 0 Å². The van der Waals surface area contributed by atoms with Crippen molar-refractivity contribution in [2.24, 2.45) is 0 Å². The Morgan fingerprint density at radius 3 is 3.00 bits per heavy atom. The van der Waals surface area contributed by atoms with Crippen molar-refractivity contribution in [2.45, 2.75) is 38.5 Å². The number of nitrogens with one attached hydrogen (secondary N) is 1. The molecule has 2 rings (SSSR count). The first-order chi connectivity index (χ1) is 10.0. The molecule has 0 radical (unpaired) electrons. The quantitative estimate of drug-likeness (QED) is 0.919. The van der Waals surface area contributed by atoms with Gasteiger partial charge in [-0.15, -0.1) is 0 Å². The number of rotatable bonds is 4. The molecule has 6 heteroatoms. The van der Waals surface area contributed by atoms with Crippen LogP contribution in [-0.4, -0.2) is 45.9 Å². The molecule has 2 heterocycles. The van der Waals surface area contributed by atoms with Gasteiger partial charge >= 0.3 is 0 Å². The SMILES string of the molecule is CCCNc1ncc(C(=O)N2CCSC(C)C2C)cc1Cl. The molecule has 1 aromatic heterocycles. The van der Waals surface area contributed by atoms with E-state index in [1.807, 2.05) is 16.7 Å². The molecule has 0 spiro atoms. The third-order valence-corrected chi connectivity index (χ3v) is 5.40. The monoisotopic (exact) mass is 327 g/mol. The third kappa shape index (κ3) is 3.83. The standard InChI is InChI=1S/C15H22ClN3OS/c1-4-5-17-14-13(16)8-12(9-18-14)15(20)19-6-7-21-11(3)10(19)2/h8-11H,4-7H2,1-3H3,(H,17,18). The predicted molar refractivity (Wildman–Crippen MR) is 90.4 cm³/mol. The van der Waals surface area contributed by atoms with Gasteiger partial charge in [-0.05, 0) is 19.4 Å². The fourth-order valence-corrected chi connectivity index (χ4v) is 3.65. The zero-order valence-corrected chi connectivity index (χ0v) is 14.3. The van der Waals surface area contributed by atoms with Gasteiger partial charge in [0.2, 0.25) is 0 Å². The maximum atomic E-state index is 12.6. The van der Waals surface area contributed by atoms with Crippen molar-refractivity contribution in [3.63, 3.8) is 0 Å². The van der Waals surface area contributed by atoms with Crippen LogP contribution < -0.4 is 5.32 Å². The zero-order chi connectivity index (χ0) is 15.4. The van der Waals surface area contributed by atoms with Crippen molar-refractivity contribution >= 4 is 35.1 Å². The summed E-state index contributed by atoms with van der Waals surface area (Å²) in [5.41, 5.74) is 0.563. The van der Waals surface area contributed by atoms with Crippen molar-refractivity contribution in [1.29, 1.82) is 0 Å². The van der Waals surface area contributed by atoms with Crippen LogP contribution in [0.15, 0.2) is 12.3 Å². The second-order valence-electron chi connectivity index (χ2n) is 5.30. The molecule has 0 saturated carbocycles. The highest BCUT2D eigenvalue weighted by molar-refractivity contribution is 8.00. The molecule has 1 aliphatic rings. The van der Waals surface area contributed by atoms with Crippen LogP contribution in [0.1, 0.15) is 37.6 Å². The van der Waals surface area contributed by atoms with E-state index in [2.05, 4.69) is 31.1 Å². The predicted octanol–water partition coefficient (Wildman–Crippen LogP) is 3.52. The van der Waals surface area contributed by atoms with E-state index in [9.17, 15) is 4.79 Å². The van der Waals surface area contributed by atoms with Gasteiger partial charge < -0.3 is 10.2 Å². The lowest BCUT2D eigenvalue weighted by molar-refractivity contribution is 0.0698. The van der Waals surface area contributed by atoms with Crippen LogP contribution >= 0.6 is 23.4 Å². The highest BCUT2D eigenvalue weighted by Gasteiger charge is 2.29. The number of carbonyl (C=O) groups is 1. The molecule has 0 aliphatic carbocycles. The zero-order valence-electron chi connectivity index (χ0n) is 12.7. The fraction of sp³-hybridized carbons (Fsp3) is 0.600. The Morgan fingerprint density at radius 1 is 1.57 bits per heavy atom. The topological polar surface area (TPSA) is 45.2 Å². The van der Waals surface area contributed by atoms with E-state index in [0.717, 1.165) is 25.3 Å². The second-order valence-corrected chi connectivity index (χ2v) is 7.19. The average molecular weight is 328 g/mol. The van der Waals surface area contributed by atoms with Crippen LogP contribution in [0, 0.1) is 0 Å². The van der Waals surface area contributed by atoms with E-state index in [1.165, 1.54) is 0 Å². The summed E-state index contributed by atoms with van der Waals surface area (Å²) >= 11 is 8.12. The lowest BCUT2D eigenvalue weighted by atomic mass is 10.1. The van der Waals surface area contributed by atoms with E-state index >= 15 is 0 Å². The van der Waals surface area contributed by atoms with Gasteiger partial charge in [0, 0.05) is 36.3 Å². The molecule has 1 fully saturated rings. The summed E-state index contributed by atoms with van der Waals surface area (Å²) < 4.78 is 0. The van der Waals surface area contributed by atoms with E-state index in [4.69, 9.17) is 11.6 Å². The van der Waals surface area contributed by atoms with Crippen LogP contribution in [0.4, 0.5) is 5.82 Å². The van der Waals surface area contributed by atoms with Crippen LogP contribution in [0.2, 0.25) is 5.02 Å². The highest BCUT2D eigenvalue weighted by Crippen LogP contribution is 2.27. The van der Waals surface area contributed by atoms with E-state index in [0.29, 0.717) is 21.7 Å². The number of thioether (sulfide) groups is 1. The van der Waals surface area contributed by atoms with Gasteiger partial charge in [0.05, 0.1) is 10.6 Å². The Kier molecular flexibility index (Phi) is 5.76. The number of nitrogens with zero attached hydrogens (tertiary/aromatic N) is 2. The fourth-order valence-electron chi connectivity index (χ4n) is 2.31. The summed E-state index contributed by atoms with van der Waals surface area (Å²) in [7, 11) is 0.